The van der Waals surface area contributed by atoms with Crippen LogP contribution in [0.2, 0.25) is 0 Å². The Morgan fingerprint density at radius 1 is 1.23 bits per heavy atom. The molecule has 1 aliphatic rings. The average molecular weight is 618 g/mol. The zero-order chi connectivity index (χ0) is 25.2. The molecule has 0 saturated carbocycles. The third-order valence-electron chi connectivity index (χ3n) is 6.38. The molecular formula is C28H30Br2N2O2S. The predicted octanol–water partition coefficient (Wildman–Crippen LogP) is 8.83. The van der Waals surface area contributed by atoms with Gasteiger partial charge in [0.15, 0.2) is 0 Å². The van der Waals surface area contributed by atoms with Gasteiger partial charge in [0, 0.05) is 26.8 Å². The van der Waals surface area contributed by atoms with Gasteiger partial charge in [-0.3, -0.25) is 4.79 Å². The number of halogens is 2. The number of carbonyl (C=O) groups is 1. The molecule has 4 rings (SSSR count). The van der Waals surface area contributed by atoms with Gasteiger partial charge in [-0.1, -0.05) is 54.9 Å². The van der Waals surface area contributed by atoms with Gasteiger partial charge in [-0.25, -0.2) is 4.99 Å². The molecule has 1 aliphatic carbocycles. The van der Waals surface area contributed by atoms with E-state index in [4.69, 9.17) is 9.73 Å². The Kier molecular flexibility index (Phi) is 8.19. The summed E-state index contributed by atoms with van der Waals surface area (Å²) in [5.41, 5.74) is 3.71. The lowest BCUT2D eigenvalue weighted by molar-refractivity contribution is 0.102. The van der Waals surface area contributed by atoms with Gasteiger partial charge >= 0.3 is 0 Å². The molecule has 184 valence electrons. The minimum Gasteiger partial charge on any atom is -0.492 e. The monoisotopic (exact) mass is 616 g/mol. The molecule has 1 atom stereocenters. The highest BCUT2D eigenvalue weighted by Crippen LogP contribution is 2.45. The van der Waals surface area contributed by atoms with Crippen molar-refractivity contribution in [1.82, 2.24) is 0 Å². The maximum Gasteiger partial charge on any atom is 0.259 e. The van der Waals surface area contributed by atoms with Crippen molar-refractivity contribution in [3.05, 3.63) is 73.0 Å². The lowest BCUT2D eigenvalue weighted by atomic mass is 9.72. The van der Waals surface area contributed by atoms with Gasteiger partial charge in [0.1, 0.15) is 10.8 Å². The lowest BCUT2D eigenvalue weighted by Crippen LogP contribution is -2.27. The molecular weight excluding hydrogens is 588 g/mol. The van der Waals surface area contributed by atoms with Crippen LogP contribution in [0.25, 0.3) is 0 Å². The molecule has 0 aliphatic heterocycles. The third-order valence-corrected chi connectivity index (χ3v) is 8.59. The second-order valence-corrected chi connectivity index (χ2v) is 12.7. The van der Waals surface area contributed by atoms with Crippen molar-refractivity contribution in [1.29, 1.82) is 0 Å². The van der Waals surface area contributed by atoms with E-state index in [9.17, 15) is 4.79 Å². The largest absolute Gasteiger partial charge is 0.492 e. The van der Waals surface area contributed by atoms with Crippen molar-refractivity contribution in [2.75, 3.05) is 11.9 Å². The summed E-state index contributed by atoms with van der Waals surface area (Å²) in [6, 6.07) is 13.5. The number of fused-ring (bicyclic) bond motifs is 1. The van der Waals surface area contributed by atoms with E-state index in [-0.39, 0.29) is 11.3 Å². The molecule has 0 saturated heterocycles. The molecule has 0 spiro atoms. The van der Waals surface area contributed by atoms with Gasteiger partial charge in [-0.05, 0) is 83.3 Å². The van der Waals surface area contributed by atoms with Gasteiger partial charge in [0.25, 0.3) is 5.91 Å². The first-order valence-electron chi connectivity index (χ1n) is 11.8. The zero-order valence-corrected chi connectivity index (χ0v) is 24.4. The smallest absolute Gasteiger partial charge is 0.259 e. The summed E-state index contributed by atoms with van der Waals surface area (Å²) < 4.78 is 7.65. The summed E-state index contributed by atoms with van der Waals surface area (Å²) in [6.45, 7) is 9.42. The molecule has 7 heteroatoms. The third kappa shape index (κ3) is 6.07. The van der Waals surface area contributed by atoms with Crippen LogP contribution in [-0.2, 0) is 12.8 Å². The summed E-state index contributed by atoms with van der Waals surface area (Å²) in [4.78, 5) is 19.7. The van der Waals surface area contributed by atoms with Gasteiger partial charge < -0.3 is 10.1 Å². The number of hydrogen-bond acceptors (Lipinski definition) is 4. The number of ether oxygens (including phenoxy) is 1. The molecule has 0 radical (unpaired) electrons. The highest BCUT2D eigenvalue weighted by atomic mass is 79.9. The summed E-state index contributed by atoms with van der Waals surface area (Å²) in [7, 11) is 0. The fourth-order valence-corrected chi connectivity index (χ4v) is 7.09. The van der Waals surface area contributed by atoms with E-state index in [0.717, 1.165) is 55.8 Å². The number of thiophene rings is 1. The van der Waals surface area contributed by atoms with Crippen LogP contribution in [0.4, 0.5) is 10.7 Å². The number of carbonyl (C=O) groups excluding carboxylic acids is 1. The van der Waals surface area contributed by atoms with E-state index in [1.807, 2.05) is 49.4 Å². The second kappa shape index (κ2) is 11.0. The highest BCUT2D eigenvalue weighted by molar-refractivity contribution is 9.11. The van der Waals surface area contributed by atoms with Crippen molar-refractivity contribution in [3.63, 3.8) is 0 Å². The number of nitrogens with zero attached hydrogens (tertiary/aromatic N) is 1. The van der Waals surface area contributed by atoms with E-state index in [1.165, 1.54) is 4.88 Å². The average Bonchev–Trinajstić information content (AvgIpc) is 3.17. The summed E-state index contributed by atoms with van der Waals surface area (Å²) >= 11 is 8.80. The maximum atomic E-state index is 13.5. The molecule has 0 unspecified atom stereocenters. The van der Waals surface area contributed by atoms with E-state index >= 15 is 0 Å². The van der Waals surface area contributed by atoms with Crippen LogP contribution in [0.15, 0.2) is 56.4 Å². The molecule has 1 aromatic heterocycles. The van der Waals surface area contributed by atoms with E-state index < -0.39 is 0 Å². The lowest BCUT2D eigenvalue weighted by Gasteiger charge is -2.33. The van der Waals surface area contributed by atoms with Crippen LogP contribution in [-0.4, -0.2) is 18.7 Å². The number of nitrogens with one attached hydrogen (secondary N) is 1. The number of aliphatic imine (C=N–C) groups is 1. The van der Waals surface area contributed by atoms with E-state index in [2.05, 4.69) is 57.9 Å². The van der Waals surface area contributed by atoms with Crippen molar-refractivity contribution in [3.8, 4) is 5.75 Å². The molecule has 1 heterocycles. The van der Waals surface area contributed by atoms with Gasteiger partial charge in [-0.2, -0.15) is 0 Å². The van der Waals surface area contributed by atoms with Gasteiger partial charge in [-0.15, -0.1) is 11.3 Å². The van der Waals surface area contributed by atoms with Gasteiger partial charge in [0.05, 0.1) is 16.6 Å². The SMILES string of the molecule is CCOc1c(Br)cc(Br)cc1C=Nc1sc2c(c1C(=O)Nc1ccccc1)CC[C@H](C(C)(C)C)C2. The van der Waals surface area contributed by atoms with Crippen LogP contribution in [0.1, 0.15) is 60.5 Å². The Labute approximate surface area is 228 Å². The Balaban J connectivity index is 1.75. The summed E-state index contributed by atoms with van der Waals surface area (Å²) in [5, 5.41) is 3.83. The molecule has 1 N–H and O–H groups in total. The molecule has 1 amide bonds. The predicted molar refractivity (Wildman–Crippen MR) is 154 cm³/mol. The number of hydrogen-bond donors (Lipinski definition) is 1. The Bertz CT molecular complexity index is 1250. The topological polar surface area (TPSA) is 50.7 Å². The summed E-state index contributed by atoms with van der Waals surface area (Å²) in [5.74, 6) is 1.22. The number of rotatable bonds is 6. The first-order valence-corrected chi connectivity index (χ1v) is 14.2. The van der Waals surface area contributed by atoms with E-state index in [0.29, 0.717) is 18.1 Å². The normalized spacial score (nSPS) is 15.8. The second-order valence-electron chi connectivity index (χ2n) is 9.81. The molecule has 0 bridgehead atoms. The Morgan fingerprint density at radius 3 is 2.66 bits per heavy atom. The first kappa shape index (κ1) is 26.1. The molecule has 35 heavy (non-hydrogen) atoms. The van der Waals surface area contributed by atoms with Crippen LogP contribution in [0.3, 0.4) is 0 Å². The number of benzene rings is 2. The van der Waals surface area contributed by atoms with Crippen LogP contribution < -0.4 is 10.1 Å². The fourth-order valence-electron chi connectivity index (χ4n) is 4.45. The van der Waals surface area contributed by atoms with Crippen molar-refractivity contribution >= 4 is 66.0 Å². The molecule has 2 aromatic carbocycles. The molecule has 0 fully saturated rings. The quantitative estimate of drug-likeness (QED) is 0.281. The Hall–Kier alpha value is -1.96. The van der Waals surface area contributed by atoms with Crippen molar-refractivity contribution in [2.24, 2.45) is 16.3 Å². The standard InChI is InChI=1S/C28H30Br2N2O2S/c1-5-34-25-17(13-19(29)15-22(25)30)16-31-27-24(26(33)32-20-9-7-6-8-10-20)21-12-11-18(28(2,3)4)14-23(21)35-27/h6-10,13,15-16,18H,5,11-12,14H2,1-4H3,(H,32,33)/t18-/m0/s1. The van der Waals surface area contributed by atoms with Crippen LogP contribution in [0, 0.1) is 11.3 Å². The number of amides is 1. The summed E-state index contributed by atoms with van der Waals surface area (Å²) in [6.07, 6.45) is 4.76. The van der Waals surface area contributed by atoms with Crippen molar-refractivity contribution in [2.45, 2.75) is 47.0 Å². The minimum atomic E-state index is -0.101. The Morgan fingerprint density at radius 2 is 1.97 bits per heavy atom. The van der Waals surface area contributed by atoms with Crippen LogP contribution in [0.5, 0.6) is 5.75 Å². The molecule has 3 aromatic rings. The molecule has 4 nitrogen and oxygen atoms in total. The number of para-hydroxylation sites is 1. The minimum absolute atomic E-state index is 0.101. The van der Waals surface area contributed by atoms with Gasteiger partial charge in [0.2, 0.25) is 0 Å². The van der Waals surface area contributed by atoms with E-state index in [1.54, 1.807) is 17.6 Å². The first-order chi connectivity index (χ1) is 16.7. The van der Waals surface area contributed by atoms with Crippen molar-refractivity contribution < 1.29 is 9.53 Å². The maximum absolute atomic E-state index is 13.5. The zero-order valence-electron chi connectivity index (χ0n) is 20.5. The van der Waals surface area contributed by atoms with Crippen LogP contribution >= 0.6 is 43.2 Å². The highest BCUT2D eigenvalue weighted by Gasteiger charge is 2.33. The fraction of sp³-hybridized carbons (Fsp3) is 0.357. The number of anilines is 1.